The maximum absolute atomic E-state index is 15.7. The van der Waals surface area contributed by atoms with E-state index >= 15 is 4.39 Å². The van der Waals surface area contributed by atoms with Gasteiger partial charge in [0.05, 0.1) is 28.4 Å². The number of ether oxygens (including phenoxy) is 1. The number of halogens is 1. The Morgan fingerprint density at radius 2 is 1.92 bits per heavy atom. The second-order valence-electron chi connectivity index (χ2n) is 10.5. The molecule has 7 rings (SSSR count). The van der Waals surface area contributed by atoms with Crippen molar-refractivity contribution in [2.75, 3.05) is 13.2 Å². The first-order valence-corrected chi connectivity index (χ1v) is 13.2. The van der Waals surface area contributed by atoms with Gasteiger partial charge in [-0.1, -0.05) is 24.3 Å². The monoisotopic (exact) mass is 523 g/mol. The van der Waals surface area contributed by atoms with Crippen LogP contribution in [0.25, 0.3) is 23.0 Å². The van der Waals surface area contributed by atoms with Crippen molar-refractivity contribution in [2.45, 2.75) is 38.1 Å². The van der Waals surface area contributed by atoms with E-state index in [9.17, 15) is 14.7 Å². The van der Waals surface area contributed by atoms with Gasteiger partial charge in [0.1, 0.15) is 23.8 Å². The third kappa shape index (κ3) is 3.90. The molecule has 2 aromatic carbocycles. The van der Waals surface area contributed by atoms with Crippen molar-refractivity contribution in [1.29, 1.82) is 0 Å². The molecule has 0 radical (unpaired) electrons. The fourth-order valence-electron chi connectivity index (χ4n) is 5.81. The van der Waals surface area contributed by atoms with E-state index in [1.165, 1.54) is 17.2 Å². The summed E-state index contributed by atoms with van der Waals surface area (Å²) >= 11 is 0. The molecule has 7 nitrogen and oxygen atoms in total. The van der Waals surface area contributed by atoms with Gasteiger partial charge in [-0.2, -0.15) is 0 Å². The minimum Gasteiger partial charge on any atom is -0.488 e. The van der Waals surface area contributed by atoms with Gasteiger partial charge in [-0.3, -0.25) is 4.79 Å². The van der Waals surface area contributed by atoms with Gasteiger partial charge < -0.3 is 19.1 Å². The number of fused-ring (bicyclic) bond motifs is 3. The minimum atomic E-state index is -1.14. The van der Waals surface area contributed by atoms with Gasteiger partial charge in [0.15, 0.2) is 0 Å². The lowest BCUT2D eigenvalue weighted by atomic mass is 9.93. The van der Waals surface area contributed by atoms with Gasteiger partial charge in [-0.05, 0) is 73.1 Å². The number of aromatic nitrogens is 2. The molecule has 196 valence electrons. The number of carboxylic acids is 1. The van der Waals surface area contributed by atoms with Crippen molar-refractivity contribution in [3.8, 4) is 17.0 Å². The predicted molar refractivity (Wildman–Crippen MR) is 143 cm³/mol. The molecule has 8 heteroatoms. The Labute approximate surface area is 224 Å². The number of hydrogen-bond acceptors (Lipinski definition) is 4. The van der Waals surface area contributed by atoms with E-state index in [-0.39, 0.29) is 35.3 Å². The van der Waals surface area contributed by atoms with Crippen LogP contribution in [0.5, 0.6) is 5.75 Å². The van der Waals surface area contributed by atoms with Gasteiger partial charge >= 0.3 is 5.97 Å². The lowest BCUT2D eigenvalue weighted by Gasteiger charge is -2.35. The summed E-state index contributed by atoms with van der Waals surface area (Å²) in [5.74, 6) is -1.14. The van der Waals surface area contributed by atoms with Crippen molar-refractivity contribution in [3.63, 3.8) is 0 Å². The number of hydrogen-bond donors (Lipinski definition) is 1. The molecule has 1 atom stereocenters. The van der Waals surface area contributed by atoms with E-state index in [4.69, 9.17) is 9.72 Å². The average Bonchev–Trinajstić information content (AvgIpc) is 3.71. The SMILES string of the molecule is CC1c2ccccc2CCN1C(=O)c1cc(C2CC2)c2nc(-c3ccc4c(c3F)C=C(C(=O)O)CO4)cn2c1. The number of pyridine rings is 1. The average molecular weight is 524 g/mol. The van der Waals surface area contributed by atoms with Crippen molar-refractivity contribution in [1.82, 2.24) is 14.3 Å². The van der Waals surface area contributed by atoms with Crippen LogP contribution in [0.2, 0.25) is 0 Å². The molecular formula is C31H26FN3O4. The lowest BCUT2D eigenvalue weighted by Crippen LogP contribution is -2.39. The van der Waals surface area contributed by atoms with Crippen LogP contribution in [0.15, 0.2) is 60.4 Å². The highest BCUT2D eigenvalue weighted by Gasteiger charge is 2.32. The maximum Gasteiger partial charge on any atom is 0.335 e. The molecule has 0 spiro atoms. The van der Waals surface area contributed by atoms with Crippen LogP contribution in [0.1, 0.15) is 64.3 Å². The third-order valence-electron chi connectivity index (χ3n) is 8.09. The number of nitrogens with zero attached hydrogens (tertiary/aromatic N) is 3. The second-order valence-corrected chi connectivity index (χ2v) is 10.5. The fraction of sp³-hybridized carbons (Fsp3) is 0.258. The van der Waals surface area contributed by atoms with Crippen LogP contribution in [-0.4, -0.2) is 44.4 Å². The van der Waals surface area contributed by atoms with E-state index < -0.39 is 11.8 Å². The van der Waals surface area contributed by atoms with Gasteiger partial charge in [-0.15, -0.1) is 0 Å². The zero-order valence-electron chi connectivity index (χ0n) is 21.4. The highest BCUT2D eigenvalue weighted by Crippen LogP contribution is 2.43. The fourth-order valence-corrected chi connectivity index (χ4v) is 5.81. The summed E-state index contributed by atoms with van der Waals surface area (Å²) in [7, 11) is 0. The Balaban J connectivity index is 1.29. The molecule has 4 heterocycles. The Hall–Kier alpha value is -4.46. The molecule has 39 heavy (non-hydrogen) atoms. The molecule has 0 saturated heterocycles. The number of imidazole rings is 1. The Bertz CT molecular complexity index is 1720. The van der Waals surface area contributed by atoms with Gasteiger partial charge in [0, 0.05) is 24.5 Å². The first-order chi connectivity index (χ1) is 18.9. The zero-order valence-corrected chi connectivity index (χ0v) is 21.4. The summed E-state index contributed by atoms with van der Waals surface area (Å²) in [6.45, 7) is 2.61. The highest BCUT2D eigenvalue weighted by atomic mass is 19.1. The van der Waals surface area contributed by atoms with E-state index in [0.29, 0.717) is 35.1 Å². The van der Waals surface area contributed by atoms with Crippen LogP contribution < -0.4 is 4.74 Å². The van der Waals surface area contributed by atoms with Crippen molar-refractivity contribution < 1.29 is 23.8 Å². The van der Waals surface area contributed by atoms with Crippen molar-refractivity contribution >= 4 is 23.6 Å². The van der Waals surface area contributed by atoms with Crippen LogP contribution in [-0.2, 0) is 11.2 Å². The smallest absolute Gasteiger partial charge is 0.335 e. The quantitative estimate of drug-likeness (QED) is 0.374. The minimum absolute atomic E-state index is 0.0118. The van der Waals surface area contributed by atoms with E-state index in [0.717, 1.165) is 24.8 Å². The molecule has 1 fully saturated rings. The Kier molecular flexibility index (Phi) is 5.33. The first-order valence-electron chi connectivity index (χ1n) is 13.2. The Morgan fingerprint density at radius 3 is 2.72 bits per heavy atom. The van der Waals surface area contributed by atoms with Crippen molar-refractivity contribution in [3.05, 3.63) is 94.1 Å². The summed E-state index contributed by atoms with van der Waals surface area (Å²) in [6.07, 6.45) is 7.71. The standard InChI is InChI=1S/C31H26FN3O4/c1-17-22-5-3-2-4-18(22)10-11-35(17)30(36)20-12-24(19-6-7-19)29-33-26(15-34(29)14-20)23-8-9-27-25(28(23)32)13-21(16-39-27)31(37)38/h2-5,8-9,12-15,17,19H,6-7,10-11,16H2,1H3,(H,37,38). The maximum atomic E-state index is 15.7. The molecule has 1 aliphatic carbocycles. The lowest BCUT2D eigenvalue weighted by molar-refractivity contribution is -0.132. The Morgan fingerprint density at radius 1 is 1.10 bits per heavy atom. The van der Waals surface area contributed by atoms with Gasteiger partial charge in [0.25, 0.3) is 5.91 Å². The van der Waals surface area contributed by atoms with Crippen LogP contribution >= 0.6 is 0 Å². The van der Waals surface area contributed by atoms with Crippen LogP contribution in [0.3, 0.4) is 0 Å². The number of aliphatic carboxylic acids is 1. The molecule has 3 aliphatic rings. The molecular weight excluding hydrogens is 497 g/mol. The molecule has 1 amide bonds. The van der Waals surface area contributed by atoms with Gasteiger partial charge in [0.2, 0.25) is 0 Å². The summed E-state index contributed by atoms with van der Waals surface area (Å²) < 4.78 is 23.0. The second kappa shape index (κ2) is 8.80. The number of rotatable bonds is 4. The molecule has 1 saturated carbocycles. The normalized spacial score (nSPS) is 18.3. The molecule has 1 unspecified atom stereocenters. The summed E-state index contributed by atoms with van der Waals surface area (Å²) in [4.78, 5) is 31.9. The molecule has 2 aliphatic heterocycles. The number of amides is 1. The number of carbonyl (C=O) groups excluding carboxylic acids is 1. The summed E-state index contributed by atoms with van der Waals surface area (Å²) in [6, 6.07) is 13.4. The number of benzene rings is 2. The summed E-state index contributed by atoms with van der Waals surface area (Å²) in [5.41, 5.74) is 5.50. The van der Waals surface area contributed by atoms with E-state index in [2.05, 4.69) is 19.1 Å². The molecule has 4 aromatic rings. The number of carbonyl (C=O) groups is 2. The molecule has 1 N–H and O–H groups in total. The van der Waals surface area contributed by atoms with Crippen molar-refractivity contribution in [2.24, 2.45) is 0 Å². The zero-order chi connectivity index (χ0) is 26.8. The molecule has 0 bridgehead atoms. The third-order valence-corrected chi connectivity index (χ3v) is 8.09. The van der Waals surface area contributed by atoms with E-state index in [1.54, 1.807) is 24.5 Å². The highest BCUT2D eigenvalue weighted by molar-refractivity contribution is 5.96. The summed E-state index contributed by atoms with van der Waals surface area (Å²) in [5, 5.41) is 9.34. The predicted octanol–water partition coefficient (Wildman–Crippen LogP) is 5.64. The molecule has 2 aromatic heterocycles. The van der Waals surface area contributed by atoms with Gasteiger partial charge in [-0.25, -0.2) is 14.2 Å². The van der Waals surface area contributed by atoms with Crippen LogP contribution in [0, 0.1) is 5.82 Å². The largest absolute Gasteiger partial charge is 0.488 e. The first kappa shape index (κ1) is 23.6. The number of carboxylic acid groups (broad SMARTS) is 1. The van der Waals surface area contributed by atoms with E-state index in [1.807, 2.05) is 27.5 Å². The topological polar surface area (TPSA) is 84.1 Å². The van der Waals surface area contributed by atoms with Crippen LogP contribution in [0.4, 0.5) is 4.39 Å².